The van der Waals surface area contributed by atoms with Crippen molar-refractivity contribution in [3.8, 4) is 0 Å². The van der Waals surface area contributed by atoms with Gasteiger partial charge in [0.15, 0.2) is 0 Å². The lowest BCUT2D eigenvalue weighted by molar-refractivity contribution is -0.139. The largest absolute Gasteiger partial charge is 0.444 e. The van der Waals surface area contributed by atoms with Gasteiger partial charge in [-0.15, -0.1) is 6.58 Å². The number of hydrogen-bond acceptors (Lipinski definition) is 4. The maximum Gasteiger partial charge on any atom is 0.408 e. The summed E-state index contributed by atoms with van der Waals surface area (Å²) in [7, 11) is 0. The highest BCUT2D eigenvalue weighted by atomic mass is 16.6. The fourth-order valence-electron chi connectivity index (χ4n) is 3.29. The Labute approximate surface area is 192 Å². The minimum absolute atomic E-state index is 0.0258. The number of amides is 3. The SMILES string of the molecule is C=CCN(C(=O)CNC(=O)OC(C)(C)C)C(C(=O)NC(C)CCC)c1ccc(C)c(C)c1. The molecule has 32 heavy (non-hydrogen) atoms. The molecule has 1 rings (SSSR count). The normalized spacial score (nSPS) is 13.0. The zero-order valence-corrected chi connectivity index (χ0v) is 20.6. The van der Waals surface area contributed by atoms with Gasteiger partial charge in [0.1, 0.15) is 18.2 Å². The van der Waals surface area contributed by atoms with E-state index in [0.29, 0.717) is 5.56 Å². The molecule has 1 aromatic carbocycles. The molecule has 0 spiro atoms. The first-order valence-corrected chi connectivity index (χ1v) is 11.1. The first kappa shape index (κ1) is 27.2. The standard InChI is InChI=1S/C25H39N3O4/c1-9-11-19(5)27-23(30)22(20-13-12-17(3)18(4)15-20)28(14-10-2)21(29)16-26-24(31)32-25(6,7)8/h10,12-13,15,19,22H,2,9,11,14,16H2,1,3-8H3,(H,26,31)(H,27,30). The number of ether oxygens (including phenoxy) is 1. The van der Waals surface area contributed by atoms with Crippen LogP contribution in [-0.2, 0) is 14.3 Å². The van der Waals surface area contributed by atoms with Crippen molar-refractivity contribution in [2.45, 2.75) is 79.0 Å². The molecule has 2 atom stereocenters. The number of benzene rings is 1. The number of carbonyl (C=O) groups excluding carboxylic acids is 3. The van der Waals surface area contributed by atoms with Crippen molar-refractivity contribution in [2.24, 2.45) is 0 Å². The average molecular weight is 446 g/mol. The topological polar surface area (TPSA) is 87.7 Å². The Hall–Kier alpha value is -2.83. The van der Waals surface area contributed by atoms with Gasteiger partial charge in [-0.2, -0.15) is 0 Å². The molecule has 7 nitrogen and oxygen atoms in total. The highest BCUT2D eigenvalue weighted by molar-refractivity contribution is 5.90. The van der Waals surface area contributed by atoms with Crippen LogP contribution in [0.15, 0.2) is 30.9 Å². The number of carbonyl (C=O) groups is 3. The predicted molar refractivity (Wildman–Crippen MR) is 127 cm³/mol. The van der Waals surface area contributed by atoms with Gasteiger partial charge < -0.3 is 20.3 Å². The summed E-state index contributed by atoms with van der Waals surface area (Å²) in [5.74, 6) is -0.668. The molecule has 0 aromatic heterocycles. The Morgan fingerprint density at radius 1 is 1.19 bits per heavy atom. The van der Waals surface area contributed by atoms with E-state index in [1.165, 1.54) is 4.90 Å². The summed E-state index contributed by atoms with van der Waals surface area (Å²) in [5, 5.41) is 5.51. The van der Waals surface area contributed by atoms with E-state index in [-0.39, 0.29) is 25.0 Å². The smallest absolute Gasteiger partial charge is 0.408 e. The first-order valence-electron chi connectivity index (χ1n) is 11.1. The summed E-state index contributed by atoms with van der Waals surface area (Å²) in [6.07, 6.45) is 2.65. The Morgan fingerprint density at radius 2 is 1.84 bits per heavy atom. The van der Waals surface area contributed by atoms with Crippen LogP contribution in [0.2, 0.25) is 0 Å². The Balaban J connectivity index is 3.20. The third-order valence-corrected chi connectivity index (χ3v) is 4.95. The molecule has 7 heteroatoms. The predicted octanol–water partition coefficient (Wildman–Crippen LogP) is 4.19. The molecule has 0 saturated carbocycles. The van der Waals surface area contributed by atoms with Crippen molar-refractivity contribution >= 4 is 17.9 Å². The molecular formula is C25H39N3O4. The Kier molecular flexibility index (Phi) is 10.4. The molecular weight excluding hydrogens is 406 g/mol. The van der Waals surface area contributed by atoms with Gasteiger partial charge in [0.2, 0.25) is 11.8 Å². The van der Waals surface area contributed by atoms with Gasteiger partial charge in [0.25, 0.3) is 0 Å². The van der Waals surface area contributed by atoms with Crippen LogP contribution >= 0.6 is 0 Å². The molecule has 2 unspecified atom stereocenters. The monoisotopic (exact) mass is 445 g/mol. The molecule has 3 amide bonds. The molecule has 0 bridgehead atoms. The molecule has 2 N–H and O–H groups in total. The van der Waals surface area contributed by atoms with Crippen LogP contribution in [0.5, 0.6) is 0 Å². The Morgan fingerprint density at radius 3 is 2.38 bits per heavy atom. The van der Waals surface area contributed by atoms with Gasteiger partial charge >= 0.3 is 6.09 Å². The molecule has 0 aliphatic heterocycles. The van der Waals surface area contributed by atoms with Crippen LogP contribution < -0.4 is 10.6 Å². The molecule has 1 aromatic rings. The molecule has 0 saturated heterocycles. The van der Waals surface area contributed by atoms with Gasteiger partial charge in [-0.3, -0.25) is 9.59 Å². The van der Waals surface area contributed by atoms with Gasteiger partial charge in [-0.25, -0.2) is 4.79 Å². The minimum atomic E-state index is -0.848. The molecule has 0 radical (unpaired) electrons. The van der Waals surface area contributed by atoms with Gasteiger partial charge in [0, 0.05) is 12.6 Å². The van der Waals surface area contributed by atoms with E-state index in [4.69, 9.17) is 4.74 Å². The second kappa shape index (κ2) is 12.3. The van der Waals surface area contributed by atoms with E-state index >= 15 is 0 Å². The van der Waals surface area contributed by atoms with Crippen molar-refractivity contribution in [1.29, 1.82) is 0 Å². The van der Waals surface area contributed by atoms with Crippen molar-refractivity contribution in [3.05, 3.63) is 47.5 Å². The van der Waals surface area contributed by atoms with Crippen molar-refractivity contribution in [3.63, 3.8) is 0 Å². The number of nitrogens with one attached hydrogen (secondary N) is 2. The molecule has 178 valence electrons. The zero-order valence-electron chi connectivity index (χ0n) is 20.6. The van der Waals surface area contributed by atoms with Crippen LogP contribution in [0, 0.1) is 13.8 Å². The van der Waals surface area contributed by atoms with E-state index in [1.807, 2.05) is 39.0 Å². The number of aryl methyl sites for hydroxylation is 2. The van der Waals surface area contributed by atoms with E-state index in [9.17, 15) is 14.4 Å². The quantitative estimate of drug-likeness (QED) is 0.529. The van der Waals surface area contributed by atoms with E-state index in [0.717, 1.165) is 24.0 Å². The van der Waals surface area contributed by atoms with Gasteiger partial charge in [-0.1, -0.05) is 37.6 Å². The van der Waals surface area contributed by atoms with Crippen LogP contribution in [0.4, 0.5) is 4.79 Å². The highest BCUT2D eigenvalue weighted by Crippen LogP contribution is 2.24. The minimum Gasteiger partial charge on any atom is -0.444 e. The third-order valence-electron chi connectivity index (χ3n) is 4.95. The Bertz CT molecular complexity index is 814. The lowest BCUT2D eigenvalue weighted by atomic mass is 9.98. The zero-order chi connectivity index (χ0) is 24.5. The van der Waals surface area contributed by atoms with Crippen LogP contribution in [-0.4, -0.2) is 47.5 Å². The molecule has 0 aliphatic rings. The van der Waals surface area contributed by atoms with E-state index in [1.54, 1.807) is 26.8 Å². The van der Waals surface area contributed by atoms with Gasteiger partial charge in [0.05, 0.1) is 0 Å². The summed E-state index contributed by atoms with van der Waals surface area (Å²) < 4.78 is 5.21. The number of hydrogen-bond donors (Lipinski definition) is 2. The summed E-state index contributed by atoms with van der Waals surface area (Å²) in [5.41, 5.74) is 2.16. The lowest BCUT2D eigenvalue weighted by Crippen LogP contribution is -2.49. The summed E-state index contributed by atoms with van der Waals surface area (Å²) in [4.78, 5) is 39.9. The molecule has 0 aliphatic carbocycles. The summed E-state index contributed by atoms with van der Waals surface area (Å²) in [6.45, 7) is 16.8. The first-order chi connectivity index (χ1) is 14.9. The fourth-order valence-corrected chi connectivity index (χ4v) is 3.29. The third kappa shape index (κ3) is 8.73. The fraction of sp³-hybridized carbons (Fsp3) is 0.560. The average Bonchev–Trinajstić information content (AvgIpc) is 2.67. The number of nitrogens with zero attached hydrogens (tertiary/aromatic N) is 1. The summed E-state index contributed by atoms with van der Waals surface area (Å²) in [6, 6.07) is 4.86. The highest BCUT2D eigenvalue weighted by Gasteiger charge is 2.32. The second-order valence-electron chi connectivity index (χ2n) is 9.13. The van der Waals surface area contributed by atoms with Crippen molar-refractivity contribution in [1.82, 2.24) is 15.5 Å². The summed E-state index contributed by atoms with van der Waals surface area (Å²) >= 11 is 0. The van der Waals surface area contributed by atoms with Crippen molar-refractivity contribution < 1.29 is 19.1 Å². The van der Waals surface area contributed by atoms with Gasteiger partial charge in [-0.05, 0) is 64.7 Å². The van der Waals surface area contributed by atoms with Crippen LogP contribution in [0.25, 0.3) is 0 Å². The van der Waals surface area contributed by atoms with Crippen LogP contribution in [0.1, 0.15) is 70.2 Å². The maximum atomic E-state index is 13.3. The molecule has 0 fully saturated rings. The second-order valence-corrected chi connectivity index (χ2v) is 9.13. The van der Waals surface area contributed by atoms with E-state index in [2.05, 4.69) is 24.1 Å². The maximum absolute atomic E-state index is 13.3. The number of rotatable bonds is 10. The van der Waals surface area contributed by atoms with E-state index < -0.39 is 23.6 Å². The van der Waals surface area contributed by atoms with Crippen LogP contribution in [0.3, 0.4) is 0 Å². The number of alkyl carbamates (subject to hydrolysis) is 1. The van der Waals surface area contributed by atoms with Crippen molar-refractivity contribution in [2.75, 3.05) is 13.1 Å². The molecule has 0 heterocycles. The lowest BCUT2D eigenvalue weighted by Gasteiger charge is -2.32.